The molecule has 1 amide bonds. The summed E-state index contributed by atoms with van der Waals surface area (Å²) in [5.41, 5.74) is 8.95. The van der Waals surface area contributed by atoms with Crippen molar-refractivity contribution in [3.63, 3.8) is 0 Å². The molecule has 4 nitrogen and oxygen atoms in total. The van der Waals surface area contributed by atoms with Gasteiger partial charge in [-0.25, -0.2) is 0 Å². The van der Waals surface area contributed by atoms with Crippen LogP contribution in [0.15, 0.2) is 54.1 Å². The monoisotopic (exact) mass is 390 g/mol. The summed E-state index contributed by atoms with van der Waals surface area (Å²) in [4.78, 5) is 14.7. The molecule has 0 bridgehead atoms. The number of amides is 1. The Morgan fingerprint density at radius 1 is 1.15 bits per heavy atom. The normalized spacial score (nSPS) is 21.3. The van der Waals surface area contributed by atoms with Crippen LogP contribution in [0.25, 0.3) is 6.08 Å². The van der Waals surface area contributed by atoms with E-state index in [1.807, 2.05) is 41.3 Å². The van der Waals surface area contributed by atoms with Crippen molar-refractivity contribution < 1.29 is 9.53 Å². The van der Waals surface area contributed by atoms with Gasteiger partial charge in [-0.05, 0) is 29.8 Å². The first-order valence-electron chi connectivity index (χ1n) is 8.34. The number of carbonyl (C=O) groups excluding carboxylic acids is 1. The van der Waals surface area contributed by atoms with E-state index >= 15 is 0 Å². The third kappa shape index (κ3) is 3.58. The van der Waals surface area contributed by atoms with Crippen LogP contribution in [-0.4, -0.2) is 36.5 Å². The molecular formula is C20H20Cl2N2O2. The Morgan fingerprint density at radius 3 is 2.69 bits per heavy atom. The van der Waals surface area contributed by atoms with E-state index in [4.69, 9.17) is 22.1 Å². The van der Waals surface area contributed by atoms with Gasteiger partial charge in [-0.1, -0.05) is 41.9 Å². The zero-order valence-electron chi connectivity index (χ0n) is 14.1. The van der Waals surface area contributed by atoms with Gasteiger partial charge in [0, 0.05) is 35.6 Å². The van der Waals surface area contributed by atoms with Gasteiger partial charge >= 0.3 is 0 Å². The summed E-state index contributed by atoms with van der Waals surface area (Å²) >= 11 is 6.04. The van der Waals surface area contributed by atoms with Crippen molar-refractivity contribution in [1.29, 1.82) is 0 Å². The molecular weight excluding hydrogens is 371 g/mol. The number of nitrogens with two attached hydrogens (primary N) is 1. The molecule has 1 saturated heterocycles. The van der Waals surface area contributed by atoms with E-state index in [0.29, 0.717) is 23.7 Å². The summed E-state index contributed by atoms with van der Waals surface area (Å²) in [7, 11) is 0. The van der Waals surface area contributed by atoms with Gasteiger partial charge in [0.25, 0.3) is 5.91 Å². The first-order valence-corrected chi connectivity index (χ1v) is 8.72. The third-order valence-corrected chi connectivity index (χ3v) is 5.07. The molecule has 136 valence electrons. The predicted octanol–water partition coefficient (Wildman–Crippen LogP) is 3.49. The number of rotatable bonds is 2. The van der Waals surface area contributed by atoms with E-state index in [1.54, 1.807) is 6.07 Å². The molecule has 0 spiro atoms. The highest BCUT2D eigenvalue weighted by molar-refractivity contribution is 6.30. The highest BCUT2D eigenvalue weighted by Gasteiger charge is 2.35. The van der Waals surface area contributed by atoms with Gasteiger partial charge in [0.2, 0.25) is 0 Å². The number of carbonyl (C=O) groups is 1. The van der Waals surface area contributed by atoms with E-state index < -0.39 is 0 Å². The fourth-order valence-corrected chi connectivity index (χ4v) is 3.70. The highest BCUT2D eigenvalue weighted by Crippen LogP contribution is 2.31. The number of hydrogen-bond acceptors (Lipinski definition) is 3. The fourth-order valence-electron chi connectivity index (χ4n) is 3.52. The zero-order chi connectivity index (χ0) is 17.4. The number of likely N-dealkylation sites (tertiary alicyclic amines) is 1. The molecule has 2 aliphatic heterocycles. The smallest absolute Gasteiger partial charge is 0.253 e. The van der Waals surface area contributed by atoms with Crippen molar-refractivity contribution in [3.05, 3.63) is 70.3 Å². The number of fused-ring (bicyclic) bond motifs is 1. The van der Waals surface area contributed by atoms with Crippen LogP contribution in [0.3, 0.4) is 0 Å². The Kier molecular flexibility index (Phi) is 5.56. The SMILES string of the molecule is Cl.N[C@@H]1CN(C(=O)C2=Cc3cc(Cl)ccc3OC2)C[C@H]1c1ccccc1. The Bertz CT molecular complexity index is 839. The van der Waals surface area contributed by atoms with E-state index in [9.17, 15) is 4.79 Å². The molecule has 0 saturated carbocycles. The van der Waals surface area contributed by atoms with E-state index in [2.05, 4.69) is 12.1 Å². The molecule has 6 heteroatoms. The van der Waals surface area contributed by atoms with Crippen LogP contribution in [0, 0.1) is 0 Å². The lowest BCUT2D eigenvalue weighted by molar-refractivity contribution is -0.126. The molecule has 2 heterocycles. The second-order valence-corrected chi connectivity index (χ2v) is 6.97. The topological polar surface area (TPSA) is 55.6 Å². The lowest BCUT2D eigenvalue weighted by Gasteiger charge is -2.22. The van der Waals surface area contributed by atoms with Crippen molar-refractivity contribution in [2.24, 2.45) is 5.73 Å². The summed E-state index contributed by atoms with van der Waals surface area (Å²) in [5, 5.41) is 0.625. The Hall–Kier alpha value is -2.01. The van der Waals surface area contributed by atoms with Crippen LogP contribution in [0.1, 0.15) is 17.0 Å². The third-order valence-electron chi connectivity index (χ3n) is 4.84. The van der Waals surface area contributed by atoms with Crippen LogP contribution >= 0.6 is 24.0 Å². The minimum Gasteiger partial charge on any atom is -0.488 e. The van der Waals surface area contributed by atoms with Crippen LogP contribution in [0.2, 0.25) is 5.02 Å². The maximum Gasteiger partial charge on any atom is 0.253 e. The summed E-state index contributed by atoms with van der Waals surface area (Å²) in [5.74, 6) is 0.901. The predicted molar refractivity (Wildman–Crippen MR) is 106 cm³/mol. The van der Waals surface area contributed by atoms with Crippen LogP contribution in [-0.2, 0) is 4.79 Å². The van der Waals surface area contributed by atoms with Crippen molar-refractivity contribution in [1.82, 2.24) is 4.90 Å². The van der Waals surface area contributed by atoms with Gasteiger partial charge in [-0.15, -0.1) is 12.4 Å². The Morgan fingerprint density at radius 2 is 1.92 bits per heavy atom. The molecule has 4 rings (SSSR count). The molecule has 2 aromatic rings. The fraction of sp³-hybridized carbons (Fsp3) is 0.250. The van der Waals surface area contributed by atoms with Crippen molar-refractivity contribution >= 4 is 36.0 Å². The number of halogens is 2. The number of hydrogen-bond donors (Lipinski definition) is 1. The molecule has 2 aliphatic rings. The zero-order valence-corrected chi connectivity index (χ0v) is 15.7. The quantitative estimate of drug-likeness (QED) is 0.853. The molecule has 2 atom stereocenters. The average molecular weight is 391 g/mol. The largest absolute Gasteiger partial charge is 0.488 e. The lowest BCUT2D eigenvalue weighted by atomic mass is 9.95. The van der Waals surface area contributed by atoms with Crippen LogP contribution in [0.5, 0.6) is 5.75 Å². The lowest BCUT2D eigenvalue weighted by Crippen LogP contribution is -2.34. The van der Waals surface area contributed by atoms with Gasteiger partial charge in [-0.2, -0.15) is 0 Å². The summed E-state index contributed by atoms with van der Waals surface area (Å²) in [6.07, 6.45) is 1.87. The summed E-state index contributed by atoms with van der Waals surface area (Å²) in [6.45, 7) is 1.46. The molecule has 0 unspecified atom stereocenters. The molecule has 1 fully saturated rings. The number of ether oxygens (including phenoxy) is 1. The maximum absolute atomic E-state index is 12.9. The van der Waals surface area contributed by atoms with Gasteiger partial charge < -0.3 is 15.4 Å². The number of nitrogens with zero attached hydrogens (tertiary/aromatic N) is 1. The highest BCUT2D eigenvalue weighted by atomic mass is 35.5. The van der Waals surface area contributed by atoms with Crippen LogP contribution in [0.4, 0.5) is 0 Å². The van der Waals surface area contributed by atoms with Crippen molar-refractivity contribution in [3.8, 4) is 5.75 Å². The van der Waals surface area contributed by atoms with Crippen LogP contribution < -0.4 is 10.5 Å². The molecule has 26 heavy (non-hydrogen) atoms. The van der Waals surface area contributed by atoms with Crippen molar-refractivity contribution in [2.75, 3.05) is 19.7 Å². The van der Waals surface area contributed by atoms with E-state index in [-0.39, 0.29) is 36.9 Å². The Balaban J connectivity index is 0.00000196. The summed E-state index contributed by atoms with van der Waals surface area (Å²) < 4.78 is 5.70. The summed E-state index contributed by atoms with van der Waals surface area (Å²) in [6, 6.07) is 15.5. The standard InChI is InChI=1S/C20H19ClN2O2.ClH/c21-16-6-7-19-14(9-16)8-15(12-25-19)20(24)23-10-17(18(22)11-23)13-4-2-1-3-5-13;/h1-9,17-18H,10-12,22H2;1H/t17-,18+;/m0./s1. The van der Waals surface area contributed by atoms with E-state index in [0.717, 1.165) is 11.3 Å². The minimum atomic E-state index is -0.0572. The molecule has 0 aromatic heterocycles. The first-order chi connectivity index (χ1) is 12.1. The first kappa shape index (κ1) is 18.8. The molecule has 2 N–H and O–H groups in total. The Labute approximate surface area is 164 Å². The molecule has 0 radical (unpaired) electrons. The number of benzene rings is 2. The van der Waals surface area contributed by atoms with E-state index in [1.165, 1.54) is 5.56 Å². The van der Waals surface area contributed by atoms with Gasteiger partial charge in [0.05, 0.1) is 5.57 Å². The molecule has 0 aliphatic carbocycles. The average Bonchev–Trinajstić information content (AvgIpc) is 3.03. The van der Waals surface area contributed by atoms with Crippen molar-refractivity contribution in [2.45, 2.75) is 12.0 Å². The van der Waals surface area contributed by atoms with Gasteiger partial charge in [-0.3, -0.25) is 4.79 Å². The minimum absolute atomic E-state index is 0. The van der Waals surface area contributed by atoms with Gasteiger partial charge in [0.15, 0.2) is 0 Å². The second-order valence-electron chi connectivity index (χ2n) is 6.53. The molecule has 2 aromatic carbocycles. The maximum atomic E-state index is 12.9. The van der Waals surface area contributed by atoms with Gasteiger partial charge in [0.1, 0.15) is 12.4 Å². The second kappa shape index (κ2) is 7.70.